The van der Waals surface area contributed by atoms with Gasteiger partial charge in [0.15, 0.2) is 6.10 Å². The maximum absolute atomic E-state index is 12.5. The molecule has 0 aromatic heterocycles. The topological polar surface area (TPSA) is 210 Å². The van der Waals surface area contributed by atoms with Gasteiger partial charge in [0.25, 0.3) is 0 Å². The monoisotopic (exact) mass is 668 g/mol. The van der Waals surface area contributed by atoms with E-state index in [1.165, 1.54) is 38.5 Å². The molecule has 0 aromatic carbocycles. The molecule has 0 aliphatic heterocycles. The van der Waals surface area contributed by atoms with Gasteiger partial charge in [-0.2, -0.15) is 0 Å². The van der Waals surface area contributed by atoms with E-state index in [2.05, 4.69) is 19.1 Å². The molecule has 0 radical (unpaired) electrons. The maximum atomic E-state index is 12.5. The summed E-state index contributed by atoms with van der Waals surface area (Å²) in [5, 5.41) is 49.4. The van der Waals surface area contributed by atoms with Gasteiger partial charge in [0.05, 0.1) is 6.61 Å². The third kappa shape index (κ3) is 17.9. The third-order valence-electron chi connectivity index (χ3n) is 7.58. The lowest BCUT2D eigenvalue weighted by Crippen LogP contribution is -2.64. The molecule has 0 amide bonds. The summed E-state index contributed by atoms with van der Waals surface area (Å²) in [6.07, 6.45) is 6.48. The first-order chi connectivity index (χ1) is 21.4. The summed E-state index contributed by atoms with van der Waals surface area (Å²) in [5.41, 5.74) is 0. The van der Waals surface area contributed by atoms with Gasteiger partial charge in [-0.1, -0.05) is 77.4 Å². The van der Waals surface area contributed by atoms with Crippen molar-refractivity contribution < 1.29 is 63.1 Å². The van der Waals surface area contributed by atoms with Crippen LogP contribution in [-0.2, 0) is 32.7 Å². The first kappa shape index (κ1) is 41.6. The molecule has 13 nitrogen and oxygen atoms in total. The summed E-state index contributed by atoms with van der Waals surface area (Å²) in [6.45, 7) is 2.81. The fourth-order valence-corrected chi connectivity index (χ4v) is 5.82. The molecular formula is C31H57O13P. The normalized spacial score (nSPS) is 25.6. The summed E-state index contributed by atoms with van der Waals surface area (Å²) in [7, 11) is -5.08. The molecule has 6 unspecified atom stereocenters. The van der Waals surface area contributed by atoms with Gasteiger partial charge in [0.2, 0.25) is 0 Å². The van der Waals surface area contributed by atoms with Gasteiger partial charge in [0, 0.05) is 12.8 Å². The molecule has 0 heterocycles. The zero-order valence-electron chi connectivity index (χ0n) is 26.9. The second-order valence-electron chi connectivity index (χ2n) is 11.7. The fourth-order valence-electron chi connectivity index (χ4n) is 4.85. The van der Waals surface area contributed by atoms with Crippen LogP contribution in [0.2, 0.25) is 0 Å². The Labute approximate surface area is 267 Å². The molecule has 6 atom stereocenters. The van der Waals surface area contributed by atoms with E-state index in [4.69, 9.17) is 18.5 Å². The van der Waals surface area contributed by atoms with E-state index in [9.17, 15) is 44.6 Å². The standard InChI is InChI=1S/C31H57O13P/c1-3-5-6-7-8-9-10-11-12-13-14-15-16-17-18-20-25(33)43-23(21-41-24(32)19-4-2)22-42-45(39,40)44-31-29(37)27(35)26(34)28(36)30(31)38/h11-12,23,26-31,34-38H,3-10,13-22H2,1-2H3,(H,39,40)/b12-11-. The average Bonchev–Trinajstić information content (AvgIpc) is 3.00. The van der Waals surface area contributed by atoms with E-state index in [1.54, 1.807) is 6.92 Å². The number of aliphatic hydroxyl groups excluding tert-OH is 5. The van der Waals surface area contributed by atoms with Crippen LogP contribution >= 0.6 is 7.82 Å². The Balaban J connectivity index is 2.43. The van der Waals surface area contributed by atoms with Gasteiger partial charge in [-0.05, 0) is 38.5 Å². The van der Waals surface area contributed by atoms with E-state index < -0.39 is 75.7 Å². The number of hydrogen-bond donors (Lipinski definition) is 6. The Morgan fingerprint density at radius 1 is 0.667 bits per heavy atom. The molecule has 1 fully saturated rings. The molecule has 45 heavy (non-hydrogen) atoms. The first-order valence-corrected chi connectivity index (χ1v) is 18.0. The highest BCUT2D eigenvalue weighted by molar-refractivity contribution is 7.47. The van der Waals surface area contributed by atoms with Gasteiger partial charge >= 0.3 is 19.8 Å². The fraction of sp³-hybridized carbons (Fsp3) is 0.871. The van der Waals surface area contributed by atoms with Crippen molar-refractivity contribution in [3.63, 3.8) is 0 Å². The summed E-state index contributed by atoms with van der Waals surface area (Å²) in [4.78, 5) is 34.4. The summed E-state index contributed by atoms with van der Waals surface area (Å²) in [5.74, 6) is -1.17. The molecule has 0 bridgehead atoms. The number of aliphatic hydroxyl groups is 5. The largest absolute Gasteiger partial charge is 0.472 e. The lowest BCUT2D eigenvalue weighted by atomic mass is 9.85. The molecule has 14 heteroatoms. The highest BCUT2D eigenvalue weighted by Crippen LogP contribution is 2.47. The van der Waals surface area contributed by atoms with Crippen molar-refractivity contribution in [3.05, 3.63) is 12.2 Å². The zero-order valence-corrected chi connectivity index (χ0v) is 27.8. The van der Waals surface area contributed by atoms with Crippen LogP contribution in [0.5, 0.6) is 0 Å². The molecule has 264 valence electrons. The molecular weight excluding hydrogens is 611 g/mol. The lowest BCUT2D eigenvalue weighted by molar-refractivity contribution is -0.220. The first-order valence-electron chi connectivity index (χ1n) is 16.5. The number of hydrogen-bond acceptors (Lipinski definition) is 12. The number of carbonyl (C=O) groups excluding carboxylic acids is 2. The van der Waals surface area contributed by atoms with Crippen LogP contribution in [0, 0.1) is 0 Å². The number of rotatable bonds is 25. The third-order valence-corrected chi connectivity index (χ3v) is 8.56. The SMILES string of the molecule is CCCCCCCC/C=C\CCCCCCCC(=O)OC(COC(=O)CCC)COP(=O)(O)OC1C(O)C(O)C(O)C(O)C1O. The van der Waals surface area contributed by atoms with Crippen molar-refractivity contribution in [1.82, 2.24) is 0 Å². The van der Waals surface area contributed by atoms with Crippen molar-refractivity contribution in [2.24, 2.45) is 0 Å². The van der Waals surface area contributed by atoms with Crippen LogP contribution in [0.15, 0.2) is 12.2 Å². The number of unbranched alkanes of at least 4 members (excludes halogenated alkanes) is 11. The van der Waals surface area contributed by atoms with E-state index in [-0.39, 0.29) is 12.8 Å². The molecule has 0 spiro atoms. The van der Waals surface area contributed by atoms with Gasteiger partial charge in [-0.3, -0.25) is 18.6 Å². The summed E-state index contributed by atoms with van der Waals surface area (Å²) >= 11 is 0. The molecule has 0 aromatic rings. The number of phosphoric ester groups is 1. The summed E-state index contributed by atoms with van der Waals surface area (Å²) in [6, 6.07) is 0. The Morgan fingerprint density at radius 3 is 1.73 bits per heavy atom. The predicted molar refractivity (Wildman–Crippen MR) is 166 cm³/mol. The molecule has 1 saturated carbocycles. The smallest absolute Gasteiger partial charge is 0.462 e. The molecule has 1 rings (SSSR count). The predicted octanol–water partition coefficient (Wildman–Crippen LogP) is 3.60. The molecule has 1 aliphatic carbocycles. The van der Waals surface area contributed by atoms with Crippen LogP contribution in [0.25, 0.3) is 0 Å². The van der Waals surface area contributed by atoms with E-state index >= 15 is 0 Å². The highest BCUT2D eigenvalue weighted by atomic mass is 31.2. The van der Waals surface area contributed by atoms with Crippen LogP contribution in [0.3, 0.4) is 0 Å². The van der Waals surface area contributed by atoms with Crippen LogP contribution in [0.4, 0.5) is 0 Å². The van der Waals surface area contributed by atoms with Crippen molar-refractivity contribution in [1.29, 1.82) is 0 Å². The Kier molecular flexibility index (Phi) is 22.0. The minimum atomic E-state index is -5.08. The van der Waals surface area contributed by atoms with Crippen molar-refractivity contribution in [2.75, 3.05) is 13.2 Å². The maximum Gasteiger partial charge on any atom is 0.472 e. The number of esters is 2. The second-order valence-corrected chi connectivity index (χ2v) is 13.1. The second kappa shape index (κ2) is 23.8. The van der Waals surface area contributed by atoms with Crippen molar-refractivity contribution in [3.8, 4) is 0 Å². The minimum absolute atomic E-state index is 0.0867. The lowest BCUT2D eigenvalue weighted by Gasteiger charge is -2.41. The molecule has 6 N–H and O–H groups in total. The number of allylic oxidation sites excluding steroid dienone is 2. The van der Waals surface area contributed by atoms with Gasteiger partial charge in [-0.25, -0.2) is 4.57 Å². The van der Waals surface area contributed by atoms with E-state index in [0.29, 0.717) is 12.8 Å². The van der Waals surface area contributed by atoms with Crippen molar-refractivity contribution >= 4 is 19.8 Å². The summed E-state index contributed by atoms with van der Waals surface area (Å²) < 4.78 is 32.6. The number of carbonyl (C=O) groups is 2. The van der Waals surface area contributed by atoms with Gasteiger partial charge in [-0.15, -0.1) is 0 Å². The van der Waals surface area contributed by atoms with Crippen LogP contribution < -0.4 is 0 Å². The average molecular weight is 669 g/mol. The highest BCUT2D eigenvalue weighted by Gasteiger charge is 2.51. The van der Waals surface area contributed by atoms with Gasteiger partial charge in [0.1, 0.15) is 43.2 Å². The Bertz CT molecular complexity index is 870. The zero-order chi connectivity index (χ0) is 33.7. The van der Waals surface area contributed by atoms with Crippen molar-refractivity contribution in [2.45, 2.75) is 159 Å². The number of phosphoric acid groups is 1. The van der Waals surface area contributed by atoms with E-state index in [1.807, 2.05) is 0 Å². The quantitative estimate of drug-likeness (QED) is 0.0356. The Morgan fingerprint density at radius 2 is 1.18 bits per heavy atom. The van der Waals surface area contributed by atoms with E-state index in [0.717, 1.165) is 38.5 Å². The minimum Gasteiger partial charge on any atom is -0.462 e. The van der Waals surface area contributed by atoms with Crippen LogP contribution in [-0.4, -0.2) is 98.3 Å². The molecule has 0 saturated heterocycles. The van der Waals surface area contributed by atoms with Gasteiger partial charge < -0.3 is 39.9 Å². The Hall–Kier alpha value is -1.41. The van der Waals surface area contributed by atoms with Crippen LogP contribution in [0.1, 0.15) is 117 Å². The number of ether oxygens (including phenoxy) is 2. The molecule has 1 aliphatic rings.